The third-order valence-corrected chi connectivity index (χ3v) is 4.50. The van der Waals surface area contributed by atoms with Gasteiger partial charge in [-0.05, 0) is 17.5 Å². The molecule has 0 aliphatic rings. The van der Waals surface area contributed by atoms with E-state index in [0.717, 1.165) is 11.3 Å². The molecule has 2 aromatic heterocycles. The van der Waals surface area contributed by atoms with Crippen LogP contribution in [0.15, 0.2) is 46.8 Å². The molecule has 0 spiro atoms. The van der Waals surface area contributed by atoms with Gasteiger partial charge < -0.3 is 14.6 Å². The van der Waals surface area contributed by atoms with Gasteiger partial charge in [0.1, 0.15) is 10.4 Å². The van der Waals surface area contributed by atoms with E-state index in [0.29, 0.717) is 16.8 Å². The predicted molar refractivity (Wildman–Crippen MR) is 92.5 cm³/mol. The highest BCUT2D eigenvalue weighted by molar-refractivity contribution is 7.17. The average molecular weight is 346 g/mol. The largest absolute Gasteiger partial charge is 0.496 e. The summed E-state index contributed by atoms with van der Waals surface area (Å²) in [7, 11) is 1.60. The Balaban J connectivity index is 1.58. The van der Waals surface area contributed by atoms with E-state index in [2.05, 4.69) is 4.98 Å². The summed E-state index contributed by atoms with van der Waals surface area (Å²) < 4.78 is 12.8. The van der Waals surface area contributed by atoms with Crippen molar-refractivity contribution in [2.75, 3.05) is 13.7 Å². The summed E-state index contributed by atoms with van der Waals surface area (Å²) >= 11 is 1.35. The van der Waals surface area contributed by atoms with Gasteiger partial charge in [-0.15, -0.1) is 11.3 Å². The zero-order valence-electron chi connectivity index (χ0n) is 13.2. The highest BCUT2D eigenvalue weighted by Crippen LogP contribution is 2.18. The maximum atomic E-state index is 12.3. The van der Waals surface area contributed by atoms with Gasteiger partial charge >= 0.3 is 0 Å². The molecule has 0 aliphatic heterocycles. The quantitative estimate of drug-likeness (QED) is 0.709. The molecular weight excluding hydrogens is 328 g/mol. The molecule has 24 heavy (non-hydrogen) atoms. The molecule has 0 saturated carbocycles. The maximum Gasteiger partial charge on any atom is 0.271 e. The van der Waals surface area contributed by atoms with Crippen LogP contribution in [0.3, 0.4) is 0 Å². The lowest BCUT2D eigenvalue weighted by atomic mass is 10.2. The van der Waals surface area contributed by atoms with Crippen LogP contribution in [0, 0.1) is 0 Å². The molecule has 1 N–H and O–H groups in total. The van der Waals surface area contributed by atoms with Crippen LogP contribution in [0.2, 0.25) is 0 Å². The molecule has 1 aromatic carbocycles. The number of fused-ring (bicyclic) bond motifs is 1. The summed E-state index contributed by atoms with van der Waals surface area (Å²) in [5.41, 5.74) is 1.45. The highest BCUT2D eigenvalue weighted by atomic mass is 32.1. The van der Waals surface area contributed by atoms with E-state index in [4.69, 9.17) is 9.47 Å². The van der Waals surface area contributed by atoms with E-state index in [-0.39, 0.29) is 18.7 Å². The molecule has 3 aromatic rings. The molecule has 0 amide bonds. The fourth-order valence-electron chi connectivity index (χ4n) is 2.42. The Hall–Kier alpha value is -2.22. The molecule has 0 aliphatic carbocycles. The molecule has 0 saturated heterocycles. The first-order valence-electron chi connectivity index (χ1n) is 7.49. The van der Waals surface area contributed by atoms with E-state index in [1.165, 1.54) is 22.2 Å². The first-order chi connectivity index (χ1) is 11.7. The molecule has 1 unspecified atom stereocenters. The van der Waals surface area contributed by atoms with Gasteiger partial charge in [-0.2, -0.15) is 0 Å². The molecule has 6 nitrogen and oxygen atoms in total. The number of aliphatic hydroxyl groups is 1. The van der Waals surface area contributed by atoms with Crippen molar-refractivity contribution in [2.45, 2.75) is 19.3 Å². The van der Waals surface area contributed by atoms with Crippen LogP contribution in [0.4, 0.5) is 0 Å². The van der Waals surface area contributed by atoms with Crippen molar-refractivity contribution in [2.24, 2.45) is 0 Å². The van der Waals surface area contributed by atoms with E-state index in [1.54, 1.807) is 13.2 Å². The van der Waals surface area contributed by atoms with Gasteiger partial charge in [0.25, 0.3) is 5.56 Å². The zero-order valence-corrected chi connectivity index (χ0v) is 14.0. The van der Waals surface area contributed by atoms with E-state index < -0.39 is 6.10 Å². The fraction of sp³-hybridized carbons (Fsp3) is 0.294. The van der Waals surface area contributed by atoms with Crippen LogP contribution in [-0.4, -0.2) is 34.5 Å². The Kier molecular flexibility index (Phi) is 5.24. The van der Waals surface area contributed by atoms with Crippen LogP contribution >= 0.6 is 11.3 Å². The second-order valence-electron chi connectivity index (χ2n) is 5.32. The number of thiophene rings is 1. The van der Waals surface area contributed by atoms with Crippen molar-refractivity contribution in [3.05, 3.63) is 58.0 Å². The summed E-state index contributed by atoms with van der Waals surface area (Å²) in [5.74, 6) is 0.746. The van der Waals surface area contributed by atoms with Crippen LogP contribution in [0.1, 0.15) is 5.56 Å². The Morgan fingerprint density at radius 3 is 3.00 bits per heavy atom. The predicted octanol–water partition coefficient (Wildman–Crippen LogP) is 2.04. The third kappa shape index (κ3) is 3.64. The van der Waals surface area contributed by atoms with Crippen LogP contribution in [0.5, 0.6) is 5.75 Å². The SMILES string of the molecule is COc1ccccc1COCC(O)Cn1cnc2ccsc2c1=O. The van der Waals surface area contributed by atoms with Crippen LogP contribution in [-0.2, 0) is 17.9 Å². The number of aliphatic hydroxyl groups excluding tert-OH is 1. The van der Waals surface area contributed by atoms with E-state index in [9.17, 15) is 9.90 Å². The third-order valence-electron chi connectivity index (χ3n) is 3.60. The van der Waals surface area contributed by atoms with Gasteiger partial charge in [0.05, 0.1) is 44.8 Å². The number of nitrogens with zero attached hydrogens (tertiary/aromatic N) is 2. The molecule has 1 atom stereocenters. The number of hydrogen-bond acceptors (Lipinski definition) is 6. The summed E-state index contributed by atoms with van der Waals surface area (Å²) in [6.07, 6.45) is 0.664. The topological polar surface area (TPSA) is 73.6 Å². The molecule has 0 fully saturated rings. The number of rotatable bonds is 7. The van der Waals surface area contributed by atoms with Crippen LogP contribution < -0.4 is 10.3 Å². The van der Waals surface area contributed by atoms with Crippen molar-refractivity contribution < 1.29 is 14.6 Å². The van der Waals surface area contributed by atoms with E-state index in [1.807, 2.05) is 29.6 Å². The molecule has 0 radical (unpaired) electrons. The fourth-order valence-corrected chi connectivity index (χ4v) is 3.21. The lowest BCUT2D eigenvalue weighted by Crippen LogP contribution is -2.29. The summed E-state index contributed by atoms with van der Waals surface area (Å²) in [4.78, 5) is 16.5. The van der Waals surface area contributed by atoms with E-state index >= 15 is 0 Å². The summed E-state index contributed by atoms with van der Waals surface area (Å²) in [6, 6.07) is 9.36. The summed E-state index contributed by atoms with van der Waals surface area (Å²) in [6.45, 7) is 0.594. The van der Waals surface area contributed by atoms with Gasteiger partial charge in [-0.3, -0.25) is 9.36 Å². The number of aromatic nitrogens is 2. The molecule has 0 bridgehead atoms. The number of para-hydroxylation sites is 1. The Bertz CT molecular complexity index is 874. The average Bonchev–Trinajstić information content (AvgIpc) is 3.07. The standard InChI is InChI=1S/C17H18N2O4S/c1-22-15-5-3-2-4-12(15)9-23-10-13(20)8-19-11-18-14-6-7-24-16(14)17(19)21/h2-7,11,13,20H,8-10H2,1H3. The Morgan fingerprint density at radius 1 is 1.33 bits per heavy atom. The van der Waals surface area contributed by atoms with Gasteiger partial charge in [-0.25, -0.2) is 4.98 Å². The second kappa shape index (κ2) is 7.57. The Morgan fingerprint density at radius 2 is 2.17 bits per heavy atom. The first-order valence-corrected chi connectivity index (χ1v) is 8.37. The lowest BCUT2D eigenvalue weighted by Gasteiger charge is -2.14. The maximum absolute atomic E-state index is 12.3. The van der Waals surface area contributed by atoms with Crippen molar-refractivity contribution in [3.8, 4) is 5.75 Å². The molecular formula is C17H18N2O4S. The minimum atomic E-state index is -0.795. The number of benzene rings is 1. The number of ether oxygens (including phenoxy) is 2. The highest BCUT2D eigenvalue weighted by Gasteiger charge is 2.11. The van der Waals surface area contributed by atoms with Crippen LogP contribution in [0.25, 0.3) is 10.2 Å². The first kappa shape index (κ1) is 16.6. The molecule has 2 heterocycles. The lowest BCUT2D eigenvalue weighted by molar-refractivity contribution is 0.0192. The second-order valence-corrected chi connectivity index (χ2v) is 6.23. The smallest absolute Gasteiger partial charge is 0.271 e. The number of hydrogen-bond donors (Lipinski definition) is 1. The number of methoxy groups -OCH3 is 1. The van der Waals surface area contributed by atoms with Gasteiger partial charge in [-0.1, -0.05) is 18.2 Å². The van der Waals surface area contributed by atoms with Gasteiger partial charge in [0.2, 0.25) is 0 Å². The zero-order chi connectivity index (χ0) is 16.9. The van der Waals surface area contributed by atoms with Crippen molar-refractivity contribution in [1.82, 2.24) is 9.55 Å². The van der Waals surface area contributed by atoms with Crippen molar-refractivity contribution in [1.29, 1.82) is 0 Å². The Labute approximate surface area is 142 Å². The minimum absolute atomic E-state index is 0.118. The monoisotopic (exact) mass is 346 g/mol. The minimum Gasteiger partial charge on any atom is -0.496 e. The van der Waals surface area contributed by atoms with Crippen molar-refractivity contribution >= 4 is 21.6 Å². The normalized spacial score (nSPS) is 12.4. The van der Waals surface area contributed by atoms with Gasteiger partial charge in [0, 0.05) is 5.56 Å². The van der Waals surface area contributed by atoms with Gasteiger partial charge in [0.15, 0.2) is 0 Å². The van der Waals surface area contributed by atoms with Crippen molar-refractivity contribution in [3.63, 3.8) is 0 Å². The summed E-state index contributed by atoms with van der Waals surface area (Å²) in [5, 5.41) is 11.9. The molecule has 3 rings (SSSR count). The molecule has 7 heteroatoms. The molecule has 126 valence electrons.